The van der Waals surface area contributed by atoms with Crippen molar-refractivity contribution in [2.24, 2.45) is 0 Å². The molecule has 1 N–H and O–H groups in total. The fourth-order valence-corrected chi connectivity index (χ4v) is 2.79. The molecule has 0 atom stereocenters. The Kier molecular flexibility index (Phi) is 5.89. The van der Waals surface area contributed by atoms with E-state index in [1.807, 2.05) is 0 Å². The van der Waals surface area contributed by atoms with Crippen molar-refractivity contribution >= 4 is 34.2 Å². The number of nitrogens with one attached hydrogen (secondary N) is 1. The van der Waals surface area contributed by atoms with Crippen LogP contribution in [0.3, 0.4) is 0 Å². The van der Waals surface area contributed by atoms with Gasteiger partial charge in [0.25, 0.3) is 11.6 Å². The number of aryl methyl sites for hydroxylation is 1. The quantitative estimate of drug-likeness (QED) is 0.367. The van der Waals surface area contributed by atoms with Crippen molar-refractivity contribution in [3.8, 4) is 0 Å². The second-order valence-electron chi connectivity index (χ2n) is 6.22. The Morgan fingerprint density at radius 2 is 1.97 bits per heavy atom. The van der Waals surface area contributed by atoms with Crippen LogP contribution >= 0.6 is 0 Å². The van der Waals surface area contributed by atoms with E-state index < -0.39 is 23.4 Å². The zero-order chi connectivity index (χ0) is 21.0. The van der Waals surface area contributed by atoms with Crippen LogP contribution in [0, 0.1) is 17.0 Å². The molecule has 0 saturated heterocycles. The van der Waals surface area contributed by atoms with E-state index in [4.69, 9.17) is 13.9 Å². The smallest absolute Gasteiger partial charge is 0.375 e. The van der Waals surface area contributed by atoms with Gasteiger partial charge in [0, 0.05) is 30.2 Å². The van der Waals surface area contributed by atoms with E-state index in [0.29, 0.717) is 16.7 Å². The van der Waals surface area contributed by atoms with E-state index in [1.54, 1.807) is 31.2 Å². The maximum atomic E-state index is 12.4. The summed E-state index contributed by atoms with van der Waals surface area (Å²) < 4.78 is 15.8. The molecule has 0 saturated carbocycles. The molecule has 0 bridgehead atoms. The van der Waals surface area contributed by atoms with Gasteiger partial charge in [0.05, 0.1) is 17.2 Å². The number of anilines is 1. The number of nitro groups is 1. The van der Waals surface area contributed by atoms with Gasteiger partial charge in [-0.05, 0) is 18.6 Å². The lowest BCUT2D eigenvalue weighted by Gasteiger charge is -2.09. The summed E-state index contributed by atoms with van der Waals surface area (Å²) in [5.74, 6) is -1.47. The topological polar surface area (TPSA) is 121 Å². The number of carbonyl (C=O) groups is 2. The number of hydrogen-bond acceptors (Lipinski definition) is 7. The largest absolute Gasteiger partial charge is 0.450 e. The third-order valence-electron chi connectivity index (χ3n) is 4.21. The number of para-hydroxylation sites is 1. The monoisotopic (exact) mass is 398 g/mol. The SMILES string of the molecule is COCc1c(C(=O)OCC(=O)Nc2cc([N+](=O)[O-])ccc2C)oc2ccccc12. The second kappa shape index (κ2) is 8.53. The van der Waals surface area contributed by atoms with Crippen LogP contribution in [0.1, 0.15) is 21.7 Å². The van der Waals surface area contributed by atoms with E-state index in [9.17, 15) is 19.7 Å². The Balaban J connectivity index is 1.70. The van der Waals surface area contributed by atoms with Crippen LogP contribution in [-0.2, 0) is 20.9 Å². The molecular formula is C20H18N2O7. The Labute approximate surface area is 165 Å². The number of methoxy groups -OCH3 is 1. The highest BCUT2D eigenvalue weighted by atomic mass is 16.6. The van der Waals surface area contributed by atoms with Gasteiger partial charge in [0.1, 0.15) is 5.58 Å². The maximum absolute atomic E-state index is 12.4. The first-order chi connectivity index (χ1) is 13.9. The molecular weight excluding hydrogens is 380 g/mol. The summed E-state index contributed by atoms with van der Waals surface area (Å²) in [4.78, 5) is 34.9. The van der Waals surface area contributed by atoms with Gasteiger partial charge in [-0.3, -0.25) is 14.9 Å². The summed E-state index contributed by atoms with van der Waals surface area (Å²) in [5, 5.41) is 14.1. The first-order valence-corrected chi connectivity index (χ1v) is 8.62. The minimum Gasteiger partial charge on any atom is -0.450 e. The summed E-state index contributed by atoms with van der Waals surface area (Å²) in [6.45, 7) is 1.25. The first kappa shape index (κ1) is 20.0. The number of nitrogens with zero attached hydrogens (tertiary/aromatic N) is 1. The molecule has 1 amide bonds. The second-order valence-corrected chi connectivity index (χ2v) is 6.22. The minimum absolute atomic E-state index is 0.0348. The fourth-order valence-electron chi connectivity index (χ4n) is 2.79. The van der Waals surface area contributed by atoms with Crippen LogP contribution in [0.5, 0.6) is 0 Å². The zero-order valence-electron chi connectivity index (χ0n) is 15.8. The van der Waals surface area contributed by atoms with Gasteiger partial charge in [-0.25, -0.2) is 4.79 Å². The highest BCUT2D eigenvalue weighted by molar-refractivity contribution is 5.98. The number of rotatable bonds is 7. The molecule has 9 heteroatoms. The fraction of sp³-hybridized carbons (Fsp3) is 0.200. The molecule has 0 fully saturated rings. The van der Waals surface area contributed by atoms with Crippen molar-refractivity contribution in [1.29, 1.82) is 0 Å². The molecule has 2 aromatic carbocycles. The van der Waals surface area contributed by atoms with Crippen LogP contribution in [0.4, 0.5) is 11.4 Å². The van der Waals surface area contributed by atoms with Crippen molar-refractivity contribution in [2.45, 2.75) is 13.5 Å². The van der Waals surface area contributed by atoms with E-state index in [0.717, 1.165) is 5.39 Å². The highest BCUT2D eigenvalue weighted by Crippen LogP contribution is 2.27. The molecule has 1 aromatic heterocycles. The van der Waals surface area contributed by atoms with Crippen LogP contribution < -0.4 is 5.32 Å². The molecule has 3 rings (SSSR count). The van der Waals surface area contributed by atoms with E-state index in [1.165, 1.54) is 25.3 Å². The molecule has 0 aliphatic rings. The van der Waals surface area contributed by atoms with Gasteiger partial charge in [-0.1, -0.05) is 24.3 Å². The van der Waals surface area contributed by atoms with Gasteiger partial charge < -0.3 is 19.2 Å². The third kappa shape index (κ3) is 4.41. The van der Waals surface area contributed by atoms with Crippen molar-refractivity contribution in [3.63, 3.8) is 0 Å². The van der Waals surface area contributed by atoms with Crippen molar-refractivity contribution < 1.29 is 28.4 Å². The molecule has 0 unspecified atom stereocenters. The van der Waals surface area contributed by atoms with E-state index in [2.05, 4.69) is 5.32 Å². The average molecular weight is 398 g/mol. The van der Waals surface area contributed by atoms with Crippen molar-refractivity contribution in [2.75, 3.05) is 19.0 Å². The Morgan fingerprint density at radius 1 is 1.21 bits per heavy atom. The van der Waals surface area contributed by atoms with Gasteiger partial charge in [-0.15, -0.1) is 0 Å². The Morgan fingerprint density at radius 3 is 2.69 bits per heavy atom. The number of amides is 1. The predicted octanol–water partition coefficient (Wildman–Crippen LogP) is 3.59. The number of esters is 1. The van der Waals surface area contributed by atoms with E-state index in [-0.39, 0.29) is 23.7 Å². The summed E-state index contributed by atoms with van der Waals surface area (Å²) in [6.07, 6.45) is 0. The summed E-state index contributed by atoms with van der Waals surface area (Å²) >= 11 is 0. The summed E-state index contributed by atoms with van der Waals surface area (Å²) in [5.41, 5.74) is 1.78. The predicted molar refractivity (Wildman–Crippen MR) is 104 cm³/mol. The van der Waals surface area contributed by atoms with Gasteiger partial charge in [0.2, 0.25) is 5.76 Å². The number of fused-ring (bicyclic) bond motifs is 1. The molecule has 150 valence electrons. The number of ether oxygens (including phenoxy) is 2. The lowest BCUT2D eigenvalue weighted by Crippen LogP contribution is -2.21. The molecule has 1 heterocycles. The standard InChI is InChI=1S/C20H18N2O7/c1-12-7-8-13(22(25)26)9-16(12)21-18(23)11-28-20(24)19-15(10-27-2)14-5-3-4-6-17(14)29-19/h3-9H,10-11H2,1-2H3,(H,21,23). The number of furan rings is 1. The highest BCUT2D eigenvalue weighted by Gasteiger charge is 2.22. The average Bonchev–Trinajstić information content (AvgIpc) is 3.07. The lowest BCUT2D eigenvalue weighted by atomic mass is 10.1. The number of hydrogen-bond donors (Lipinski definition) is 1. The van der Waals surface area contributed by atoms with Crippen LogP contribution in [0.25, 0.3) is 11.0 Å². The van der Waals surface area contributed by atoms with Crippen LogP contribution in [-0.4, -0.2) is 30.5 Å². The maximum Gasteiger partial charge on any atom is 0.375 e. The Bertz CT molecular complexity index is 1090. The van der Waals surface area contributed by atoms with Crippen molar-refractivity contribution in [3.05, 3.63) is 69.5 Å². The number of non-ortho nitro benzene ring substituents is 1. The molecule has 3 aromatic rings. The molecule has 0 spiro atoms. The van der Waals surface area contributed by atoms with Gasteiger partial charge in [-0.2, -0.15) is 0 Å². The van der Waals surface area contributed by atoms with Gasteiger partial charge in [0.15, 0.2) is 6.61 Å². The van der Waals surface area contributed by atoms with Gasteiger partial charge >= 0.3 is 5.97 Å². The normalized spacial score (nSPS) is 10.7. The van der Waals surface area contributed by atoms with Crippen molar-refractivity contribution in [1.82, 2.24) is 0 Å². The third-order valence-corrected chi connectivity index (χ3v) is 4.21. The molecule has 0 radical (unpaired) electrons. The number of nitro benzene ring substituents is 1. The summed E-state index contributed by atoms with van der Waals surface area (Å²) in [7, 11) is 1.49. The number of carbonyl (C=O) groups excluding carboxylic acids is 2. The minimum atomic E-state index is -0.806. The summed E-state index contributed by atoms with van der Waals surface area (Å²) in [6, 6.07) is 11.2. The van der Waals surface area contributed by atoms with Crippen LogP contribution in [0.2, 0.25) is 0 Å². The number of benzene rings is 2. The molecule has 0 aliphatic carbocycles. The molecule has 29 heavy (non-hydrogen) atoms. The Hall–Kier alpha value is -3.72. The first-order valence-electron chi connectivity index (χ1n) is 8.62. The molecule has 0 aliphatic heterocycles. The lowest BCUT2D eigenvalue weighted by molar-refractivity contribution is -0.384. The van der Waals surface area contributed by atoms with E-state index >= 15 is 0 Å². The molecule has 9 nitrogen and oxygen atoms in total. The van der Waals surface area contributed by atoms with Crippen LogP contribution in [0.15, 0.2) is 46.9 Å². The zero-order valence-corrected chi connectivity index (χ0v) is 15.8.